The minimum Gasteiger partial charge on any atom is -0.384 e. The van der Waals surface area contributed by atoms with Gasteiger partial charge in [0.2, 0.25) is 0 Å². The minimum atomic E-state index is -2.84. The minimum absolute atomic E-state index is 0.148. The molecule has 102 valence electrons. The van der Waals surface area contributed by atoms with Crippen LogP contribution in [0.1, 0.15) is 12.0 Å². The summed E-state index contributed by atoms with van der Waals surface area (Å²) in [7, 11) is -2.84. The van der Waals surface area contributed by atoms with Gasteiger partial charge in [0, 0.05) is 11.4 Å². The molecule has 2 rings (SSSR count). The molecule has 0 radical (unpaired) electrons. The Labute approximate surface area is 118 Å². The van der Waals surface area contributed by atoms with Gasteiger partial charge in [-0.2, -0.15) is 5.26 Å². The third-order valence-electron chi connectivity index (χ3n) is 3.27. The second-order valence-electron chi connectivity index (χ2n) is 4.64. The highest BCUT2D eigenvalue weighted by Gasteiger charge is 2.27. The third-order valence-corrected chi connectivity index (χ3v) is 5.88. The van der Waals surface area contributed by atoms with Gasteiger partial charge in [0.1, 0.15) is 6.07 Å². The number of nitrogens with zero attached hydrogens (tertiary/aromatic N) is 1. The monoisotopic (exact) mass is 296 g/mol. The molecule has 0 amide bonds. The molecule has 6 heteroatoms. The Hall–Kier alpha value is -1.19. The molecule has 0 spiro atoms. The van der Waals surface area contributed by atoms with Crippen LogP contribution in [0.15, 0.2) is 23.1 Å². The number of anilines is 1. The zero-order chi connectivity index (χ0) is 13.9. The Bertz CT molecular complexity index is 606. The summed E-state index contributed by atoms with van der Waals surface area (Å²) in [6.07, 6.45) is 2.64. The molecule has 1 fully saturated rings. The van der Waals surface area contributed by atoms with Crippen LogP contribution in [0.3, 0.4) is 0 Å². The normalized spacial score (nSPS) is 20.9. The number of hydrogen-bond donors (Lipinski definition) is 1. The van der Waals surface area contributed by atoms with Crippen molar-refractivity contribution in [1.82, 2.24) is 0 Å². The van der Waals surface area contributed by atoms with E-state index in [1.165, 1.54) is 11.8 Å². The number of nitrogens with one attached hydrogen (secondary N) is 1. The maximum Gasteiger partial charge on any atom is 0.150 e. The molecule has 4 nitrogen and oxygen atoms in total. The quantitative estimate of drug-likeness (QED) is 0.862. The molecule has 1 aromatic rings. The summed E-state index contributed by atoms with van der Waals surface area (Å²) in [5.41, 5.74) is 1.43. The first-order valence-corrected chi connectivity index (χ1v) is 9.12. The van der Waals surface area contributed by atoms with Gasteiger partial charge in [-0.15, -0.1) is 11.8 Å². The van der Waals surface area contributed by atoms with Gasteiger partial charge in [-0.25, -0.2) is 8.42 Å². The van der Waals surface area contributed by atoms with Crippen molar-refractivity contribution < 1.29 is 8.42 Å². The SMILES string of the molecule is CSc1cccc(NCC2CCS(=O)(=O)C2)c1C#N. The first-order valence-electron chi connectivity index (χ1n) is 6.07. The highest BCUT2D eigenvalue weighted by molar-refractivity contribution is 7.98. The summed E-state index contributed by atoms with van der Waals surface area (Å²) in [6.45, 7) is 0.603. The Morgan fingerprint density at radius 2 is 2.32 bits per heavy atom. The molecule has 1 saturated heterocycles. The Morgan fingerprint density at radius 1 is 1.53 bits per heavy atom. The molecule has 1 unspecified atom stereocenters. The van der Waals surface area contributed by atoms with Crippen LogP contribution in [0.4, 0.5) is 5.69 Å². The zero-order valence-electron chi connectivity index (χ0n) is 10.7. The maximum absolute atomic E-state index is 11.4. The van der Waals surface area contributed by atoms with Gasteiger partial charge in [0.05, 0.1) is 22.8 Å². The van der Waals surface area contributed by atoms with Gasteiger partial charge in [-0.05, 0) is 30.7 Å². The van der Waals surface area contributed by atoms with Crippen LogP contribution in [0.25, 0.3) is 0 Å². The fourth-order valence-corrected chi connectivity index (χ4v) is 4.69. The molecule has 1 heterocycles. The topological polar surface area (TPSA) is 70.0 Å². The van der Waals surface area contributed by atoms with E-state index < -0.39 is 9.84 Å². The van der Waals surface area contributed by atoms with Crippen molar-refractivity contribution in [3.8, 4) is 6.07 Å². The molecule has 1 atom stereocenters. The van der Waals surface area contributed by atoms with E-state index in [4.69, 9.17) is 0 Å². The molecule has 1 aliphatic heterocycles. The summed E-state index contributed by atoms with van der Waals surface area (Å²) in [6, 6.07) is 7.88. The molecule has 1 aliphatic rings. The first kappa shape index (κ1) is 14.2. The number of benzene rings is 1. The van der Waals surface area contributed by atoms with Crippen LogP contribution < -0.4 is 5.32 Å². The highest BCUT2D eigenvalue weighted by atomic mass is 32.2. The van der Waals surface area contributed by atoms with E-state index in [1.54, 1.807) is 0 Å². The predicted molar refractivity (Wildman–Crippen MR) is 78.2 cm³/mol. The smallest absolute Gasteiger partial charge is 0.150 e. The largest absolute Gasteiger partial charge is 0.384 e. The van der Waals surface area contributed by atoms with Crippen molar-refractivity contribution in [1.29, 1.82) is 5.26 Å². The second kappa shape index (κ2) is 5.85. The number of sulfone groups is 1. The average Bonchev–Trinajstić information content (AvgIpc) is 2.75. The lowest BCUT2D eigenvalue weighted by Gasteiger charge is -2.13. The van der Waals surface area contributed by atoms with E-state index in [9.17, 15) is 13.7 Å². The van der Waals surface area contributed by atoms with Crippen LogP contribution in [-0.4, -0.2) is 32.7 Å². The van der Waals surface area contributed by atoms with E-state index in [0.29, 0.717) is 18.5 Å². The van der Waals surface area contributed by atoms with E-state index in [0.717, 1.165) is 10.6 Å². The molecule has 1 aromatic carbocycles. The van der Waals surface area contributed by atoms with Crippen molar-refractivity contribution >= 4 is 27.3 Å². The summed E-state index contributed by atoms with van der Waals surface area (Å²) >= 11 is 1.53. The van der Waals surface area contributed by atoms with Crippen LogP contribution in [0.2, 0.25) is 0 Å². The lowest BCUT2D eigenvalue weighted by molar-refractivity contribution is 0.596. The number of hydrogen-bond acceptors (Lipinski definition) is 5. The molecule has 0 saturated carbocycles. The molecule has 0 bridgehead atoms. The van der Waals surface area contributed by atoms with E-state index in [1.807, 2.05) is 24.5 Å². The molecular weight excluding hydrogens is 280 g/mol. The third kappa shape index (κ3) is 3.43. The fraction of sp³-hybridized carbons (Fsp3) is 0.462. The number of thioether (sulfide) groups is 1. The van der Waals surface area contributed by atoms with Gasteiger partial charge in [0.25, 0.3) is 0 Å². The Kier molecular flexibility index (Phi) is 4.38. The van der Waals surface area contributed by atoms with Crippen molar-refractivity contribution in [2.45, 2.75) is 11.3 Å². The summed E-state index contributed by atoms with van der Waals surface area (Å²) in [5, 5.41) is 12.4. The van der Waals surface area contributed by atoms with E-state index in [-0.39, 0.29) is 17.4 Å². The van der Waals surface area contributed by atoms with Crippen molar-refractivity contribution in [3.05, 3.63) is 23.8 Å². The lowest BCUT2D eigenvalue weighted by atomic mass is 10.1. The molecule has 19 heavy (non-hydrogen) atoms. The number of rotatable bonds is 4. The van der Waals surface area contributed by atoms with Crippen molar-refractivity contribution in [2.75, 3.05) is 29.6 Å². The van der Waals surface area contributed by atoms with Gasteiger partial charge in [0.15, 0.2) is 9.84 Å². The molecule has 0 aliphatic carbocycles. The van der Waals surface area contributed by atoms with Gasteiger partial charge < -0.3 is 5.32 Å². The molecule has 1 N–H and O–H groups in total. The van der Waals surface area contributed by atoms with Gasteiger partial charge >= 0.3 is 0 Å². The molecule has 0 aromatic heterocycles. The van der Waals surface area contributed by atoms with Crippen LogP contribution in [0, 0.1) is 17.2 Å². The van der Waals surface area contributed by atoms with Gasteiger partial charge in [-0.3, -0.25) is 0 Å². The first-order chi connectivity index (χ1) is 9.05. The summed E-state index contributed by atoms with van der Waals surface area (Å²) < 4.78 is 22.8. The predicted octanol–water partition coefficient (Wildman–Crippen LogP) is 2.13. The summed E-state index contributed by atoms with van der Waals surface area (Å²) in [4.78, 5) is 0.937. The van der Waals surface area contributed by atoms with Crippen LogP contribution in [-0.2, 0) is 9.84 Å². The average molecular weight is 296 g/mol. The van der Waals surface area contributed by atoms with E-state index in [2.05, 4.69) is 11.4 Å². The lowest BCUT2D eigenvalue weighted by Crippen LogP contribution is -2.16. The van der Waals surface area contributed by atoms with Crippen LogP contribution >= 0.6 is 11.8 Å². The Morgan fingerprint density at radius 3 is 2.89 bits per heavy atom. The maximum atomic E-state index is 11.4. The van der Waals surface area contributed by atoms with Gasteiger partial charge in [-0.1, -0.05) is 6.07 Å². The Balaban J connectivity index is 2.07. The van der Waals surface area contributed by atoms with Crippen LogP contribution in [0.5, 0.6) is 0 Å². The highest BCUT2D eigenvalue weighted by Crippen LogP contribution is 2.27. The summed E-state index contributed by atoms with van der Waals surface area (Å²) in [5.74, 6) is 0.689. The second-order valence-corrected chi connectivity index (χ2v) is 7.72. The zero-order valence-corrected chi connectivity index (χ0v) is 12.4. The fourth-order valence-electron chi connectivity index (χ4n) is 2.25. The number of nitriles is 1. The van der Waals surface area contributed by atoms with E-state index >= 15 is 0 Å². The molecular formula is C13H16N2O2S2. The standard InChI is InChI=1S/C13H16N2O2S2/c1-18-13-4-2-3-12(11(13)7-14)15-8-10-5-6-19(16,17)9-10/h2-4,10,15H,5-6,8-9H2,1H3. The van der Waals surface area contributed by atoms with Crippen molar-refractivity contribution in [3.63, 3.8) is 0 Å². The van der Waals surface area contributed by atoms with Crippen molar-refractivity contribution in [2.24, 2.45) is 5.92 Å².